The molecule has 4 aromatic carbocycles. The largest absolute Gasteiger partial charge is 1.00 e. The minimum Gasteiger partial charge on any atom is -0.548 e. The maximum absolute atomic E-state index is 13.3. The molecule has 6 heteroatoms. The van der Waals surface area contributed by atoms with Crippen molar-refractivity contribution in [3.8, 4) is 22.3 Å². The fourth-order valence-corrected chi connectivity index (χ4v) is 5.06. The zero-order valence-electron chi connectivity index (χ0n) is 22.8. The fraction of sp³-hybridized carbons (Fsp3) is 0.212. The van der Waals surface area contributed by atoms with Gasteiger partial charge in [-0.2, -0.15) is 11.8 Å². The Labute approximate surface area is 247 Å². The summed E-state index contributed by atoms with van der Waals surface area (Å²) in [6.45, 7) is 2.02. The Balaban J connectivity index is 0.00000420. The van der Waals surface area contributed by atoms with Crippen LogP contribution in [0.4, 0.5) is 0 Å². The van der Waals surface area contributed by atoms with Crippen LogP contribution < -0.4 is 29.3 Å². The van der Waals surface area contributed by atoms with Crippen molar-refractivity contribution in [2.24, 2.45) is 0 Å². The first kappa shape index (κ1) is 30.3. The third-order valence-corrected chi connectivity index (χ3v) is 7.34. The van der Waals surface area contributed by atoms with Gasteiger partial charge in [-0.3, -0.25) is 4.79 Å². The molecule has 0 aliphatic carbocycles. The molecule has 0 fully saturated rings. The summed E-state index contributed by atoms with van der Waals surface area (Å²) in [6, 6.07) is 31.7. The zero-order chi connectivity index (χ0) is 26.9. The summed E-state index contributed by atoms with van der Waals surface area (Å²) in [5.74, 6) is -1.05. The fourth-order valence-electron chi connectivity index (χ4n) is 4.59. The molecular formula is C33H32LiNO3S. The van der Waals surface area contributed by atoms with Crippen LogP contribution >= 0.6 is 11.8 Å². The Hall–Kier alpha value is -3.23. The van der Waals surface area contributed by atoms with Crippen molar-refractivity contribution in [3.63, 3.8) is 0 Å². The van der Waals surface area contributed by atoms with Crippen LogP contribution in [0.5, 0.6) is 0 Å². The zero-order valence-corrected chi connectivity index (χ0v) is 23.6. The molecule has 0 aromatic heterocycles. The Morgan fingerprint density at radius 1 is 0.795 bits per heavy atom. The van der Waals surface area contributed by atoms with Crippen molar-refractivity contribution in [3.05, 3.63) is 119 Å². The van der Waals surface area contributed by atoms with Crippen molar-refractivity contribution in [2.75, 3.05) is 12.0 Å². The normalized spacial score (nSPS) is 11.3. The number of carbonyl (C=O) groups is 2. The van der Waals surface area contributed by atoms with Gasteiger partial charge in [0, 0.05) is 5.56 Å². The number of nitrogens with one attached hydrogen (secondary N) is 1. The molecule has 4 nitrogen and oxygen atoms in total. The number of benzene rings is 4. The number of rotatable bonds is 11. The maximum atomic E-state index is 13.3. The van der Waals surface area contributed by atoms with Crippen molar-refractivity contribution < 1.29 is 33.6 Å². The molecule has 0 spiro atoms. The van der Waals surface area contributed by atoms with E-state index < -0.39 is 17.9 Å². The van der Waals surface area contributed by atoms with Gasteiger partial charge >= 0.3 is 18.9 Å². The molecule has 0 heterocycles. The number of hydrogen-bond acceptors (Lipinski definition) is 4. The summed E-state index contributed by atoms with van der Waals surface area (Å²) in [5, 5.41) is 14.3. The van der Waals surface area contributed by atoms with E-state index in [2.05, 4.69) is 47.8 Å². The molecule has 0 saturated heterocycles. The Morgan fingerprint density at radius 2 is 1.46 bits per heavy atom. The molecule has 0 bridgehead atoms. The van der Waals surface area contributed by atoms with E-state index in [9.17, 15) is 14.7 Å². The first-order valence-corrected chi connectivity index (χ1v) is 14.2. The molecule has 4 aromatic rings. The van der Waals surface area contributed by atoms with Gasteiger partial charge in [0.2, 0.25) is 0 Å². The average molecular weight is 530 g/mol. The Bertz CT molecular complexity index is 1410. The maximum Gasteiger partial charge on any atom is 1.00 e. The first-order valence-electron chi connectivity index (χ1n) is 12.8. The standard InChI is InChI=1S/C33H33NO3S.Li/c1-23-9-6-7-14-28(23)30-22-25(17-18-29(30)32(35)34-31(33(36)37)19-20-38-2)16-15-24-10-8-13-27(21-24)26-11-4-3-5-12-26;/h3-14,17-18,21-22,31H,15-16,19-20H2,1-2H3,(H,34,35)(H,36,37);/q;+1/p-1. The summed E-state index contributed by atoms with van der Waals surface area (Å²) in [7, 11) is 0. The predicted octanol–water partition coefficient (Wildman–Crippen LogP) is 2.72. The molecule has 39 heavy (non-hydrogen) atoms. The van der Waals surface area contributed by atoms with Crippen molar-refractivity contribution in [2.45, 2.75) is 32.2 Å². The van der Waals surface area contributed by atoms with Crippen LogP contribution in [0.2, 0.25) is 0 Å². The second-order valence-electron chi connectivity index (χ2n) is 9.39. The number of thioether (sulfide) groups is 1. The summed E-state index contributed by atoms with van der Waals surface area (Å²) in [5.41, 5.74) is 8.02. The number of carbonyl (C=O) groups excluding carboxylic acids is 2. The molecular weight excluding hydrogens is 497 g/mol. The monoisotopic (exact) mass is 529 g/mol. The molecule has 0 aliphatic heterocycles. The summed E-state index contributed by atoms with van der Waals surface area (Å²) < 4.78 is 0. The second kappa shape index (κ2) is 14.8. The molecule has 1 N–H and O–H groups in total. The molecule has 1 amide bonds. The Kier molecular flexibility index (Phi) is 11.5. The molecule has 1 atom stereocenters. The molecule has 194 valence electrons. The van der Waals surface area contributed by atoms with Gasteiger partial charge in [-0.05, 0) is 83.2 Å². The Morgan fingerprint density at radius 3 is 2.15 bits per heavy atom. The average Bonchev–Trinajstić information content (AvgIpc) is 2.94. The molecule has 4 rings (SSSR count). The van der Waals surface area contributed by atoms with Crippen molar-refractivity contribution in [1.29, 1.82) is 0 Å². The van der Waals surface area contributed by atoms with Crippen LogP contribution in [-0.4, -0.2) is 29.9 Å². The number of hydrogen-bond donors (Lipinski definition) is 1. The van der Waals surface area contributed by atoms with Crippen LogP contribution in [0.3, 0.4) is 0 Å². The van der Waals surface area contributed by atoms with Gasteiger partial charge in [0.15, 0.2) is 0 Å². The molecule has 1 unspecified atom stereocenters. The number of carboxylic acids is 1. The topological polar surface area (TPSA) is 69.2 Å². The van der Waals surface area contributed by atoms with Gasteiger partial charge in [0.1, 0.15) is 0 Å². The van der Waals surface area contributed by atoms with E-state index in [1.54, 1.807) is 0 Å². The van der Waals surface area contributed by atoms with Gasteiger partial charge in [0.25, 0.3) is 5.91 Å². The van der Waals surface area contributed by atoms with Crippen LogP contribution in [0.15, 0.2) is 97.1 Å². The van der Waals surface area contributed by atoms with Crippen molar-refractivity contribution in [1.82, 2.24) is 5.32 Å². The number of aryl methyl sites for hydroxylation is 3. The van der Waals surface area contributed by atoms with Crippen LogP contribution in [0, 0.1) is 6.92 Å². The summed E-state index contributed by atoms with van der Waals surface area (Å²) in [6.07, 6.45) is 3.89. The van der Waals surface area contributed by atoms with Crippen LogP contribution in [0.25, 0.3) is 22.3 Å². The quantitative estimate of drug-likeness (QED) is 0.304. The predicted molar refractivity (Wildman–Crippen MR) is 155 cm³/mol. The van der Waals surface area contributed by atoms with Gasteiger partial charge in [-0.1, -0.05) is 91.0 Å². The van der Waals surface area contributed by atoms with E-state index >= 15 is 0 Å². The van der Waals surface area contributed by atoms with E-state index in [1.165, 1.54) is 28.5 Å². The van der Waals surface area contributed by atoms with Gasteiger partial charge < -0.3 is 15.2 Å². The second-order valence-corrected chi connectivity index (χ2v) is 10.4. The van der Waals surface area contributed by atoms with E-state index in [-0.39, 0.29) is 18.9 Å². The molecule has 0 radical (unpaired) electrons. The van der Waals surface area contributed by atoms with Crippen LogP contribution in [-0.2, 0) is 17.6 Å². The summed E-state index contributed by atoms with van der Waals surface area (Å²) in [4.78, 5) is 24.9. The van der Waals surface area contributed by atoms with E-state index in [1.807, 2.05) is 67.8 Å². The first-order chi connectivity index (χ1) is 18.5. The van der Waals surface area contributed by atoms with E-state index in [4.69, 9.17) is 0 Å². The van der Waals surface area contributed by atoms with E-state index in [0.717, 1.165) is 35.1 Å². The minimum absolute atomic E-state index is 0. The molecule has 0 saturated carbocycles. The third kappa shape index (κ3) is 8.13. The number of aliphatic carboxylic acids is 1. The van der Waals surface area contributed by atoms with Crippen LogP contribution in [0.1, 0.15) is 33.5 Å². The SMILES string of the molecule is CSCCC(NC(=O)c1ccc(CCc2cccc(-c3ccccc3)c2)cc1-c1ccccc1C)C(=O)[O-].[Li+]. The van der Waals surface area contributed by atoms with Crippen molar-refractivity contribution >= 4 is 23.6 Å². The summed E-state index contributed by atoms with van der Waals surface area (Å²) >= 11 is 1.53. The minimum atomic E-state index is -1.26. The van der Waals surface area contributed by atoms with Gasteiger partial charge in [-0.25, -0.2) is 0 Å². The van der Waals surface area contributed by atoms with Gasteiger partial charge in [0.05, 0.1) is 12.0 Å². The number of carboxylic acid groups (broad SMARTS) is 1. The smallest absolute Gasteiger partial charge is 0.548 e. The number of amides is 1. The van der Waals surface area contributed by atoms with E-state index in [0.29, 0.717) is 17.7 Å². The molecule has 0 aliphatic rings. The van der Waals surface area contributed by atoms with Gasteiger partial charge in [-0.15, -0.1) is 0 Å². The third-order valence-electron chi connectivity index (χ3n) is 6.70.